The second kappa shape index (κ2) is 11.9. The Kier molecular flexibility index (Phi) is 9.43. The second-order valence-corrected chi connectivity index (χ2v) is 9.38. The van der Waals surface area contributed by atoms with Crippen LogP contribution in [-0.2, 0) is 27.4 Å². The number of rotatable bonds is 4. The molecular weight excluding hydrogens is 462 g/mol. The summed E-state index contributed by atoms with van der Waals surface area (Å²) in [5.74, 6) is 2.25. The second-order valence-electron chi connectivity index (χ2n) is 9.38. The number of nitrogens with zero attached hydrogens (tertiary/aromatic N) is 1. The first-order chi connectivity index (χ1) is 15.9. The first-order valence-corrected chi connectivity index (χ1v) is 11.4. The summed E-state index contributed by atoms with van der Waals surface area (Å²) in [6, 6.07) is 19.6. The van der Waals surface area contributed by atoms with E-state index in [2.05, 4.69) is 20.8 Å². The maximum absolute atomic E-state index is 12.1. The van der Waals surface area contributed by atoms with Gasteiger partial charge in [-0.2, -0.15) is 0 Å². The molecule has 3 aliphatic rings. The van der Waals surface area contributed by atoms with Crippen molar-refractivity contribution in [2.75, 3.05) is 6.61 Å². The molecule has 0 spiro atoms. The monoisotopic (exact) mass is 493 g/mol. The van der Waals surface area contributed by atoms with Crippen molar-refractivity contribution in [3.8, 4) is 0 Å². The van der Waals surface area contributed by atoms with Gasteiger partial charge in [-0.1, -0.05) is 81.4 Å². The van der Waals surface area contributed by atoms with Crippen LogP contribution in [0.3, 0.4) is 0 Å². The molecule has 0 saturated heterocycles. The maximum Gasteiger partial charge on any atom is 2.00 e. The van der Waals surface area contributed by atoms with Gasteiger partial charge in [0, 0.05) is 5.92 Å². The first kappa shape index (κ1) is 27.0. The van der Waals surface area contributed by atoms with Gasteiger partial charge in [0.2, 0.25) is 0 Å². The molecule has 2 aliphatic carbocycles. The van der Waals surface area contributed by atoms with Crippen molar-refractivity contribution in [2.45, 2.75) is 32.4 Å². The van der Waals surface area contributed by atoms with E-state index in [0.29, 0.717) is 12.5 Å². The molecule has 1 heterocycles. The predicted octanol–water partition coefficient (Wildman–Crippen LogP) is 5.56. The van der Waals surface area contributed by atoms with E-state index in [1.54, 1.807) is 0 Å². The van der Waals surface area contributed by atoms with Crippen molar-refractivity contribution in [3.63, 3.8) is 0 Å². The van der Waals surface area contributed by atoms with Crippen molar-refractivity contribution in [2.24, 2.45) is 10.4 Å². The molecule has 4 heteroatoms. The molecule has 0 unspecified atom stereocenters. The number of hydrogen-bond donors (Lipinski definition) is 1. The van der Waals surface area contributed by atoms with Crippen LogP contribution in [0.4, 0.5) is 0 Å². The number of aliphatic imine (C=N–C) groups is 1. The molecule has 1 aliphatic heterocycles. The molecule has 5 rings (SSSR count). The van der Waals surface area contributed by atoms with Gasteiger partial charge in [-0.3, -0.25) is 0 Å². The van der Waals surface area contributed by atoms with E-state index in [1.165, 1.54) is 0 Å². The van der Waals surface area contributed by atoms with Crippen molar-refractivity contribution < 1.29 is 26.9 Å². The van der Waals surface area contributed by atoms with Gasteiger partial charge in [0.1, 0.15) is 12.2 Å². The van der Waals surface area contributed by atoms with Gasteiger partial charge in [-0.15, -0.1) is 0 Å². The predicted molar refractivity (Wildman–Crippen MR) is 133 cm³/mol. The van der Waals surface area contributed by atoms with Gasteiger partial charge in [0.15, 0.2) is 5.90 Å². The molecule has 10 radical (unpaired) electrons. The molecule has 0 aromatic heterocycles. The van der Waals surface area contributed by atoms with E-state index in [-0.39, 0.29) is 28.5 Å². The molecule has 2 aromatic carbocycles. The summed E-state index contributed by atoms with van der Waals surface area (Å²) in [6.07, 6.45) is 15.9. The summed E-state index contributed by atoms with van der Waals surface area (Å²) in [7, 11) is 0. The van der Waals surface area contributed by atoms with Gasteiger partial charge in [0.05, 0.1) is 12.0 Å². The van der Waals surface area contributed by atoms with E-state index in [9.17, 15) is 5.11 Å². The number of ether oxygens (including phenoxy) is 1. The van der Waals surface area contributed by atoms with E-state index in [1.807, 2.05) is 112 Å². The molecule has 0 bridgehead atoms. The van der Waals surface area contributed by atoms with Crippen LogP contribution in [-0.4, -0.2) is 23.7 Å². The zero-order chi connectivity index (χ0) is 23.3. The summed E-state index contributed by atoms with van der Waals surface area (Å²) in [4.78, 5) is 4.85. The quantitative estimate of drug-likeness (QED) is 0.567. The molecule has 2 aromatic rings. The van der Waals surface area contributed by atoms with Gasteiger partial charge >= 0.3 is 17.1 Å². The van der Waals surface area contributed by atoms with Crippen molar-refractivity contribution >= 4 is 5.90 Å². The molecule has 1 atom stereocenters. The summed E-state index contributed by atoms with van der Waals surface area (Å²) in [5, 5.41) is 12.1. The zero-order valence-electron chi connectivity index (χ0n) is 19.8. The third kappa shape index (κ3) is 5.96. The van der Waals surface area contributed by atoms with Crippen LogP contribution in [0.1, 0.15) is 31.9 Å². The van der Waals surface area contributed by atoms with Gasteiger partial charge in [-0.25, -0.2) is 4.99 Å². The Morgan fingerprint density at radius 3 is 1.71 bits per heavy atom. The van der Waals surface area contributed by atoms with E-state index in [4.69, 9.17) is 9.73 Å². The van der Waals surface area contributed by atoms with Crippen LogP contribution in [0.15, 0.2) is 65.7 Å². The Labute approximate surface area is 216 Å². The maximum atomic E-state index is 12.1. The summed E-state index contributed by atoms with van der Waals surface area (Å²) < 4.78 is 5.98. The minimum absolute atomic E-state index is 0. The third-order valence-electron chi connectivity index (χ3n) is 6.03. The SMILES string of the molecule is CC(C)(C)[C@H]1COC([C]2[CH][CH][CH][C]2C(O)(c2ccccc2)c2ccccc2)=N1.[CH]1[CH][CH][CH][CH]1.[Fe+2]. The Bertz CT molecular complexity index is 855. The van der Waals surface area contributed by atoms with E-state index >= 15 is 0 Å². The number of hydrogen-bond acceptors (Lipinski definition) is 3. The summed E-state index contributed by atoms with van der Waals surface area (Å²) in [5.41, 5.74) is 0.385. The fraction of sp³-hybridized carbons (Fsp3) is 0.233. The molecule has 3 nitrogen and oxygen atoms in total. The molecule has 2 saturated carbocycles. The van der Waals surface area contributed by atoms with Crippen LogP contribution < -0.4 is 0 Å². The number of benzene rings is 2. The Hall–Kier alpha value is -1.61. The summed E-state index contributed by atoms with van der Waals surface area (Å²) in [6.45, 7) is 7.08. The Morgan fingerprint density at radius 2 is 1.26 bits per heavy atom. The van der Waals surface area contributed by atoms with Gasteiger partial charge in [-0.05, 0) is 67.9 Å². The van der Waals surface area contributed by atoms with Crippen molar-refractivity contribution in [1.82, 2.24) is 0 Å². The third-order valence-corrected chi connectivity index (χ3v) is 6.03. The van der Waals surface area contributed by atoms with E-state index < -0.39 is 5.60 Å². The largest absolute Gasteiger partial charge is 2.00 e. The molecule has 174 valence electrons. The minimum Gasteiger partial charge on any atom is -0.478 e. The minimum atomic E-state index is -1.28. The molecule has 2 fully saturated rings. The Morgan fingerprint density at radius 1 is 0.765 bits per heavy atom. The fourth-order valence-corrected chi connectivity index (χ4v) is 4.04. The van der Waals surface area contributed by atoms with Crippen LogP contribution in [0.25, 0.3) is 0 Å². The standard InChI is InChI=1S/C25H26NO2.C5H5.Fe/c1-24(2,3)22-17-28-23(26-22)20-15-10-16-21(20)25(27,18-11-6-4-7-12-18)19-13-8-5-9-14-19;1-2-4-5-3-1;/h4-16,22,27H,17H2,1-3H3;1-5H;/q;;+2/t22-;;/m1../s1. The normalized spacial score (nSPS) is 21.3. The topological polar surface area (TPSA) is 41.8 Å². The van der Waals surface area contributed by atoms with Gasteiger partial charge < -0.3 is 9.84 Å². The smallest absolute Gasteiger partial charge is 0.478 e. The van der Waals surface area contributed by atoms with Crippen LogP contribution in [0.5, 0.6) is 0 Å². The molecule has 1 N–H and O–H groups in total. The van der Waals surface area contributed by atoms with Crippen molar-refractivity contribution in [3.05, 3.63) is 135 Å². The van der Waals surface area contributed by atoms with Crippen LogP contribution in [0, 0.1) is 68.6 Å². The van der Waals surface area contributed by atoms with E-state index in [0.717, 1.165) is 23.0 Å². The zero-order valence-corrected chi connectivity index (χ0v) is 20.9. The first-order valence-electron chi connectivity index (χ1n) is 11.4. The van der Waals surface area contributed by atoms with Crippen molar-refractivity contribution in [1.29, 1.82) is 0 Å². The van der Waals surface area contributed by atoms with Crippen LogP contribution >= 0.6 is 0 Å². The fourth-order valence-electron chi connectivity index (χ4n) is 4.04. The van der Waals surface area contributed by atoms with Gasteiger partial charge in [0.25, 0.3) is 0 Å². The Balaban J connectivity index is 0.000000481. The number of aliphatic hydroxyl groups is 1. The summed E-state index contributed by atoms with van der Waals surface area (Å²) >= 11 is 0. The van der Waals surface area contributed by atoms with Crippen LogP contribution in [0.2, 0.25) is 0 Å². The molecular formula is C30H31FeNO2+2. The average molecular weight is 493 g/mol. The average Bonchev–Trinajstić information content (AvgIpc) is 3.62. The molecule has 0 amide bonds. The molecule has 34 heavy (non-hydrogen) atoms.